The lowest BCUT2D eigenvalue weighted by Crippen LogP contribution is -2.60. The van der Waals surface area contributed by atoms with Gasteiger partial charge in [-0.3, -0.25) is 0 Å². The first-order valence-corrected chi connectivity index (χ1v) is 22.7. The highest BCUT2D eigenvalue weighted by atomic mass is 15.2. The molecule has 0 bridgehead atoms. The predicted molar refractivity (Wildman–Crippen MR) is 274 cm³/mol. The number of nitrogens with zero attached hydrogens (tertiary/aromatic N) is 4. The summed E-state index contributed by atoms with van der Waals surface area (Å²) in [6.45, 7) is 16.3. The van der Waals surface area contributed by atoms with Crippen molar-refractivity contribution in [2.24, 2.45) is 0 Å². The third kappa shape index (κ3) is 5.69. The summed E-state index contributed by atoms with van der Waals surface area (Å²) in [5.74, 6) is 0. The van der Waals surface area contributed by atoms with E-state index in [2.05, 4.69) is 249 Å². The van der Waals surface area contributed by atoms with Crippen LogP contribution in [0, 0.1) is 6.92 Å². The van der Waals surface area contributed by atoms with E-state index in [0.29, 0.717) is 0 Å². The van der Waals surface area contributed by atoms with Crippen LogP contribution in [0.2, 0.25) is 0 Å². The summed E-state index contributed by atoms with van der Waals surface area (Å²) in [6.07, 6.45) is 0. The van der Waals surface area contributed by atoms with Crippen molar-refractivity contribution in [2.45, 2.75) is 59.3 Å². The number of aryl methyl sites for hydroxylation is 1. The summed E-state index contributed by atoms with van der Waals surface area (Å²) in [5.41, 5.74) is 22.3. The lowest BCUT2D eigenvalue weighted by Gasteiger charge is -2.41. The van der Waals surface area contributed by atoms with Gasteiger partial charge in [-0.15, -0.1) is 0 Å². The largest absolute Gasteiger partial charge is 0.311 e. The van der Waals surface area contributed by atoms with Crippen molar-refractivity contribution in [1.29, 1.82) is 0 Å². The predicted octanol–water partition coefficient (Wildman–Crippen LogP) is 13.7. The zero-order valence-corrected chi connectivity index (χ0v) is 37.7. The number of para-hydroxylation sites is 4. The normalized spacial score (nSPS) is 13.2. The molecule has 64 heavy (non-hydrogen) atoms. The maximum atomic E-state index is 2.63. The van der Waals surface area contributed by atoms with Crippen molar-refractivity contribution in [3.63, 3.8) is 0 Å². The Hall–Kier alpha value is -7.24. The van der Waals surface area contributed by atoms with Crippen LogP contribution in [0.25, 0.3) is 44.2 Å². The van der Waals surface area contributed by atoms with E-state index in [1.165, 1.54) is 88.7 Å². The topological polar surface area (TPSA) is 16.3 Å². The Labute approximate surface area is 376 Å². The minimum absolute atomic E-state index is 0.00377. The smallest absolute Gasteiger partial charge is 0.252 e. The van der Waals surface area contributed by atoms with Gasteiger partial charge in [0.2, 0.25) is 0 Å². The second-order valence-corrected chi connectivity index (χ2v) is 20.0. The first-order chi connectivity index (χ1) is 31.0. The highest BCUT2D eigenvalue weighted by Crippen LogP contribution is 2.47. The van der Waals surface area contributed by atoms with E-state index >= 15 is 0 Å². The van der Waals surface area contributed by atoms with Gasteiger partial charge in [0.05, 0.1) is 22.1 Å². The maximum absolute atomic E-state index is 2.63. The molecule has 0 spiro atoms. The van der Waals surface area contributed by atoms with Gasteiger partial charge in [0, 0.05) is 56.3 Å². The molecule has 2 aliphatic rings. The van der Waals surface area contributed by atoms with Crippen LogP contribution >= 0.6 is 0 Å². The lowest BCUT2D eigenvalue weighted by molar-refractivity contribution is 0.590. The van der Waals surface area contributed by atoms with Gasteiger partial charge < -0.3 is 18.9 Å². The molecule has 2 aliphatic heterocycles. The van der Waals surface area contributed by atoms with Gasteiger partial charge in [0.15, 0.2) is 0 Å². The molecule has 4 heterocycles. The Morgan fingerprint density at radius 3 is 1.72 bits per heavy atom. The van der Waals surface area contributed by atoms with E-state index in [4.69, 9.17) is 0 Å². The van der Waals surface area contributed by atoms with Crippen molar-refractivity contribution in [1.82, 2.24) is 9.13 Å². The van der Waals surface area contributed by atoms with E-state index in [0.717, 1.165) is 22.7 Å². The summed E-state index contributed by atoms with van der Waals surface area (Å²) in [5, 5.41) is 2.49. The Kier molecular flexibility index (Phi) is 8.34. The molecule has 0 fully saturated rings. The Bertz CT molecular complexity index is 3440. The van der Waals surface area contributed by atoms with Gasteiger partial charge in [-0.05, 0) is 136 Å². The van der Waals surface area contributed by atoms with Crippen molar-refractivity contribution < 1.29 is 0 Å². The van der Waals surface area contributed by atoms with Crippen LogP contribution in [0.1, 0.15) is 58.2 Å². The first kappa shape index (κ1) is 38.4. The SMILES string of the molecule is Cc1cc2c3c(c1)-n1c4c(cccc4c4c1c1ccc(N(c5ccccc5)c5ccccc5)cc1n4-c1ccccc1)B3c1ccc(C(C)(C)C)cc1N2c1cccc(C(C)(C)C)c1. The number of aromatic nitrogens is 2. The van der Waals surface area contributed by atoms with Crippen LogP contribution in [0.4, 0.5) is 34.1 Å². The number of fused-ring (bicyclic) bond motifs is 9. The number of anilines is 6. The van der Waals surface area contributed by atoms with Gasteiger partial charge >= 0.3 is 0 Å². The van der Waals surface area contributed by atoms with Crippen molar-refractivity contribution in [3.05, 3.63) is 199 Å². The van der Waals surface area contributed by atoms with E-state index < -0.39 is 0 Å². The highest BCUT2D eigenvalue weighted by Gasteiger charge is 2.43. The molecular formula is C59H51BN4. The van der Waals surface area contributed by atoms with Crippen molar-refractivity contribution in [3.8, 4) is 11.4 Å². The third-order valence-corrected chi connectivity index (χ3v) is 13.8. The minimum Gasteiger partial charge on any atom is -0.311 e. The molecule has 4 nitrogen and oxygen atoms in total. The van der Waals surface area contributed by atoms with Gasteiger partial charge in [0.25, 0.3) is 6.71 Å². The van der Waals surface area contributed by atoms with Crippen LogP contribution in [0.5, 0.6) is 0 Å². The second kappa shape index (κ2) is 13.9. The minimum atomic E-state index is -0.0124. The molecule has 8 aromatic carbocycles. The zero-order valence-electron chi connectivity index (χ0n) is 37.7. The molecule has 2 aromatic heterocycles. The van der Waals surface area contributed by atoms with Crippen molar-refractivity contribution >= 4 is 90.1 Å². The maximum Gasteiger partial charge on any atom is 0.252 e. The quantitative estimate of drug-likeness (QED) is 0.161. The molecule has 0 saturated heterocycles. The van der Waals surface area contributed by atoms with Crippen LogP contribution < -0.4 is 26.2 Å². The molecule has 0 radical (unpaired) electrons. The molecule has 0 saturated carbocycles. The number of hydrogen-bond donors (Lipinski definition) is 0. The van der Waals surface area contributed by atoms with Crippen LogP contribution in [0.15, 0.2) is 182 Å². The summed E-state index contributed by atoms with van der Waals surface area (Å²) >= 11 is 0. The lowest BCUT2D eigenvalue weighted by atomic mass is 9.33. The van der Waals surface area contributed by atoms with E-state index in [9.17, 15) is 0 Å². The number of benzene rings is 8. The average Bonchev–Trinajstić information content (AvgIpc) is 3.81. The molecule has 10 aromatic rings. The number of rotatable bonds is 5. The van der Waals surface area contributed by atoms with E-state index in [1.807, 2.05) is 0 Å². The van der Waals surface area contributed by atoms with Crippen LogP contribution in [0.3, 0.4) is 0 Å². The van der Waals surface area contributed by atoms with Gasteiger partial charge in [-0.25, -0.2) is 0 Å². The second-order valence-electron chi connectivity index (χ2n) is 20.0. The summed E-state index contributed by atoms with van der Waals surface area (Å²) in [6, 6.07) is 68.0. The van der Waals surface area contributed by atoms with Crippen LogP contribution in [-0.2, 0) is 10.8 Å². The van der Waals surface area contributed by atoms with Gasteiger partial charge in [-0.2, -0.15) is 0 Å². The Balaban J connectivity index is 1.20. The molecule has 0 N–H and O–H groups in total. The van der Waals surface area contributed by atoms with Crippen molar-refractivity contribution in [2.75, 3.05) is 9.80 Å². The molecule has 310 valence electrons. The van der Waals surface area contributed by atoms with E-state index in [1.54, 1.807) is 0 Å². The first-order valence-electron chi connectivity index (χ1n) is 22.7. The van der Waals surface area contributed by atoms with Gasteiger partial charge in [-0.1, -0.05) is 139 Å². The fraction of sp³-hybridized carbons (Fsp3) is 0.153. The standard InChI is InChI=1S/C59H51BN4/c1-38-33-52-54-53(34-38)64-55-47(27-18-28-49(55)60(54)48-32-29-40(59(5,6)7)36-51(48)62(52)44-26-17-19-39(35-44)58(2,3)4)57-56(64)46-31-30-45(37-50(46)63(57)43-24-15-10-16-25-43)61(41-20-11-8-12-21-41)42-22-13-9-14-23-42/h8-37H,1-7H3. The summed E-state index contributed by atoms with van der Waals surface area (Å²) in [7, 11) is 0. The number of hydrogen-bond acceptors (Lipinski definition) is 2. The molecule has 0 unspecified atom stereocenters. The third-order valence-electron chi connectivity index (χ3n) is 13.8. The molecule has 0 atom stereocenters. The molecule has 0 aliphatic carbocycles. The summed E-state index contributed by atoms with van der Waals surface area (Å²) in [4.78, 5) is 4.95. The molecule has 5 heteroatoms. The van der Waals surface area contributed by atoms with E-state index in [-0.39, 0.29) is 17.5 Å². The zero-order chi connectivity index (χ0) is 43.6. The summed E-state index contributed by atoms with van der Waals surface area (Å²) < 4.78 is 5.16. The Morgan fingerprint density at radius 2 is 1.03 bits per heavy atom. The average molecular weight is 827 g/mol. The fourth-order valence-corrected chi connectivity index (χ4v) is 10.8. The highest BCUT2D eigenvalue weighted by molar-refractivity contribution is 7.00. The van der Waals surface area contributed by atoms with Gasteiger partial charge in [0.1, 0.15) is 0 Å². The Morgan fingerprint density at radius 1 is 0.422 bits per heavy atom. The molecular weight excluding hydrogens is 775 g/mol. The molecule has 12 rings (SSSR count). The fourth-order valence-electron chi connectivity index (χ4n) is 10.8. The molecule has 0 amide bonds. The monoisotopic (exact) mass is 826 g/mol. The van der Waals surface area contributed by atoms with Crippen LogP contribution in [-0.4, -0.2) is 15.8 Å².